The molecule has 2 saturated heterocycles. The Balaban J connectivity index is 1.08. The van der Waals surface area contributed by atoms with Crippen LogP contribution in [-0.4, -0.2) is 52.0 Å². The van der Waals surface area contributed by atoms with Crippen LogP contribution in [0.4, 0.5) is 0 Å². The highest BCUT2D eigenvalue weighted by Gasteiger charge is 2.27. The van der Waals surface area contributed by atoms with Gasteiger partial charge in [0.15, 0.2) is 0 Å². The van der Waals surface area contributed by atoms with E-state index in [0.717, 1.165) is 43.0 Å². The monoisotopic (exact) mass is 501 g/mol. The molecule has 0 spiro atoms. The van der Waals surface area contributed by atoms with Crippen molar-refractivity contribution in [1.82, 2.24) is 25.3 Å². The molecule has 2 unspecified atom stereocenters. The van der Waals surface area contributed by atoms with Gasteiger partial charge < -0.3 is 9.84 Å². The first-order valence-corrected chi connectivity index (χ1v) is 13.7. The second kappa shape index (κ2) is 12.0. The van der Waals surface area contributed by atoms with Gasteiger partial charge in [0.25, 0.3) is 0 Å². The van der Waals surface area contributed by atoms with E-state index in [9.17, 15) is 4.79 Å². The predicted molar refractivity (Wildman–Crippen MR) is 144 cm³/mol. The van der Waals surface area contributed by atoms with E-state index >= 15 is 0 Å². The lowest BCUT2D eigenvalue weighted by Crippen LogP contribution is -2.42. The van der Waals surface area contributed by atoms with Gasteiger partial charge in [-0.25, -0.2) is 0 Å². The van der Waals surface area contributed by atoms with Crippen LogP contribution in [-0.2, 0) is 24.4 Å². The minimum absolute atomic E-state index is 0.0198. The lowest BCUT2D eigenvalue weighted by Gasteiger charge is -2.31. The third-order valence-corrected chi connectivity index (χ3v) is 7.65. The summed E-state index contributed by atoms with van der Waals surface area (Å²) in [5.74, 6) is 2.10. The number of nitrogens with one attached hydrogen (secondary N) is 1. The van der Waals surface area contributed by atoms with E-state index < -0.39 is 0 Å². The third-order valence-electron chi connectivity index (χ3n) is 7.65. The van der Waals surface area contributed by atoms with E-state index in [1.54, 1.807) is 0 Å². The lowest BCUT2D eigenvalue weighted by molar-refractivity contribution is -0.127. The van der Waals surface area contributed by atoms with Crippen LogP contribution in [0.1, 0.15) is 55.2 Å². The number of hydrogen-bond donors (Lipinski definition) is 1. The van der Waals surface area contributed by atoms with E-state index in [1.807, 2.05) is 24.3 Å². The van der Waals surface area contributed by atoms with Gasteiger partial charge in [0.2, 0.25) is 17.6 Å². The fraction of sp³-hybridized carbons (Fsp3) is 0.500. The highest BCUT2D eigenvalue weighted by atomic mass is 16.5. The molecular weight excluding hydrogens is 462 g/mol. The highest BCUT2D eigenvalue weighted by Crippen LogP contribution is 2.21. The minimum atomic E-state index is -0.0198. The molecule has 2 fully saturated rings. The number of amides is 1. The molecule has 5 rings (SSSR count). The molecule has 2 aromatic carbocycles. The molecule has 196 valence electrons. The maximum Gasteiger partial charge on any atom is 0.241 e. The average molecular weight is 502 g/mol. The van der Waals surface area contributed by atoms with Crippen LogP contribution >= 0.6 is 0 Å². The van der Waals surface area contributed by atoms with Gasteiger partial charge in [-0.3, -0.25) is 14.6 Å². The van der Waals surface area contributed by atoms with E-state index in [-0.39, 0.29) is 11.8 Å². The van der Waals surface area contributed by atoms with Crippen LogP contribution in [0.5, 0.6) is 0 Å². The van der Waals surface area contributed by atoms with Gasteiger partial charge >= 0.3 is 0 Å². The van der Waals surface area contributed by atoms with Crippen molar-refractivity contribution in [2.75, 3.05) is 26.2 Å². The first-order chi connectivity index (χ1) is 18.0. The Kier molecular flexibility index (Phi) is 8.31. The number of carbonyl (C=O) groups excluding carboxylic acids is 1. The normalized spacial score (nSPS) is 21.1. The van der Waals surface area contributed by atoms with Crippen molar-refractivity contribution in [1.29, 1.82) is 0 Å². The summed E-state index contributed by atoms with van der Waals surface area (Å²) in [5, 5.41) is 7.31. The Bertz CT molecular complexity index is 1160. The Morgan fingerprint density at radius 3 is 2.41 bits per heavy atom. The molecule has 0 radical (unpaired) electrons. The summed E-state index contributed by atoms with van der Waals surface area (Å²) in [5.41, 5.74) is 4.64. The number of benzene rings is 2. The molecule has 0 aliphatic carbocycles. The molecule has 37 heavy (non-hydrogen) atoms. The molecule has 0 bridgehead atoms. The topological polar surface area (TPSA) is 74.5 Å². The van der Waals surface area contributed by atoms with E-state index in [0.29, 0.717) is 31.3 Å². The summed E-state index contributed by atoms with van der Waals surface area (Å²) in [7, 11) is 0. The molecule has 2 atom stereocenters. The Morgan fingerprint density at radius 1 is 0.946 bits per heavy atom. The van der Waals surface area contributed by atoms with Crippen LogP contribution in [0.25, 0.3) is 11.4 Å². The van der Waals surface area contributed by atoms with Crippen molar-refractivity contribution in [3.63, 3.8) is 0 Å². The summed E-state index contributed by atoms with van der Waals surface area (Å²) in [6, 6.07) is 16.8. The van der Waals surface area contributed by atoms with Crippen molar-refractivity contribution >= 4 is 5.91 Å². The van der Waals surface area contributed by atoms with Crippen molar-refractivity contribution < 1.29 is 9.32 Å². The van der Waals surface area contributed by atoms with Crippen molar-refractivity contribution in [2.24, 2.45) is 11.8 Å². The second-order valence-corrected chi connectivity index (χ2v) is 11.0. The average Bonchev–Trinajstić information content (AvgIpc) is 3.37. The summed E-state index contributed by atoms with van der Waals surface area (Å²) in [6.07, 6.45) is 4.54. The summed E-state index contributed by atoms with van der Waals surface area (Å²) in [4.78, 5) is 22.3. The van der Waals surface area contributed by atoms with Crippen LogP contribution < -0.4 is 5.32 Å². The molecule has 3 heterocycles. The first-order valence-electron chi connectivity index (χ1n) is 13.7. The summed E-state index contributed by atoms with van der Waals surface area (Å²) < 4.78 is 5.51. The molecule has 3 aromatic rings. The zero-order chi connectivity index (χ0) is 25.6. The summed E-state index contributed by atoms with van der Waals surface area (Å²) in [6.45, 7) is 10.6. The van der Waals surface area contributed by atoms with Crippen molar-refractivity contribution in [2.45, 2.75) is 59.2 Å². The smallest absolute Gasteiger partial charge is 0.241 e. The van der Waals surface area contributed by atoms with Crippen LogP contribution in [0.2, 0.25) is 0 Å². The quantitative estimate of drug-likeness (QED) is 0.478. The maximum atomic E-state index is 13.0. The number of carbonyl (C=O) groups is 1. The third kappa shape index (κ3) is 7.05. The largest absolute Gasteiger partial charge is 0.352 e. The Morgan fingerprint density at radius 2 is 1.65 bits per heavy atom. The van der Waals surface area contributed by atoms with Crippen molar-refractivity contribution in [3.8, 4) is 11.4 Å². The van der Waals surface area contributed by atoms with Gasteiger partial charge in [0, 0.05) is 31.7 Å². The number of aromatic nitrogens is 2. The molecule has 0 saturated carbocycles. The SMILES string of the molecule is Cc1ccc(-c2noc(CN3CCCC(C(=O)NCc4ccc(CN5CCCC(C)C5)cc4)C3)n2)cc1. The van der Waals surface area contributed by atoms with Gasteiger partial charge in [0.05, 0.1) is 12.5 Å². The minimum Gasteiger partial charge on any atom is -0.352 e. The van der Waals surface area contributed by atoms with Crippen LogP contribution in [0.15, 0.2) is 53.1 Å². The fourth-order valence-electron chi connectivity index (χ4n) is 5.53. The van der Waals surface area contributed by atoms with E-state index in [4.69, 9.17) is 4.52 Å². The first kappa shape index (κ1) is 25.6. The maximum absolute atomic E-state index is 13.0. The summed E-state index contributed by atoms with van der Waals surface area (Å²) >= 11 is 0. The van der Waals surface area contributed by atoms with Crippen molar-refractivity contribution in [3.05, 3.63) is 71.1 Å². The number of nitrogens with zero attached hydrogens (tertiary/aromatic N) is 4. The van der Waals surface area contributed by atoms with Crippen LogP contribution in [0.3, 0.4) is 0 Å². The number of likely N-dealkylation sites (tertiary alicyclic amines) is 2. The molecule has 7 heteroatoms. The molecule has 7 nitrogen and oxygen atoms in total. The Hall–Kier alpha value is -3.03. The molecule has 2 aliphatic rings. The molecule has 1 aromatic heterocycles. The van der Waals surface area contributed by atoms with E-state index in [1.165, 1.54) is 37.1 Å². The zero-order valence-electron chi connectivity index (χ0n) is 22.2. The number of piperidine rings is 2. The van der Waals surface area contributed by atoms with Crippen LogP contribution in [0, 0.1) is 18.8 Å². The number of aryl methyl sites for hydroxylation is 1. The zero-order valence-corrected chi connectivity index (χ0v) is 22.2. The molecule has 1 amide bonds. The van der Waals surface area contributed by atoms with Gasteiger partial charge in [0.1, 0.15) is 0 Å². The van der Waals surface area contributed by atoms with E-state index in [2.05, 4.69) is 63.4 Å². The molecule has 1 N–H and O–H groups in total. The lowest BCUT2D eigenvalue weighted by atomic mass is 9.97. The second-order valence-electron chi connectivity index (χ2n) is 11.0. The standard InChI is InChI=1S/C30H39N5O2/c1-22-7-13-26(14-8-22)29-32-28(37-33-29)21-35-16-4-6-27(20-35)30(36)31-17-24-9-11-25(12-10-24)19-34-15-3-5-23(2)18-34/h7-14,23,27H,3-6,15-21H2,1-2H3,(H,31,36). The number of rotatable bonds is 8. The molecular formula is C30H39N5O2. The predicted octanol–water partition coefficient (Wildman–Crippen LogP) is 4.81. The van der Waals surface area contributed by atoms with Gasteiger partial charge in [-0.05, 0) is 62.7 Å². The fourth-order valence-corrected chi connectivity index (χ4v) is 5.53. The van der Waals surface area contributed by atoms with Gasteiger partial charge in [-0.2, -0.15) is 4.98 Å². The Labute approximate surface area is 220 Å². The number of hydrogen-bond acceptors (Lipinski definition) is 6. The molecule has 2 aliphatic heterocycles. The highest BCUT2D eigenvalue weighted by molar-refractivity contribution is 5.79. The van der Waals surface area contributed by atoms with Gasteiger partial charge in [-0.1, -0.05) is 66.2 Å². The van der Waals surface area contributed by atoms with Gasteiger partial charge in [-0.15, -0.1) is 0 Å².